The van der Waals surface area contributed by atoms with Crippen LogP contribution in [0.25, 0.3) is 11.1 Å². The summed E-state index contributed by atoms with van der Waals surface area (Å²) in [5, 5.41) is 6.61. The summed E-state index contributed by atoms with van der Waals surface area (Å²) in [4.78, 5) is 11.6. The van der Waals surface area contributed by atoms with Gasteiger partial charge in [0, 0.05) is 13.0 Å². The van der Waals surface area contributed by atoms with Gasteiger partial charge in [-0.05, 0) is 42.7 Å². The van der Waals surface area contributed by atoms with Crippen LogP contribution in [0.4, 0.5) is 11.6 Å². The quantitative estimate of drug-likeness (QED) is 0.523. The zero-order chi connectivity index (χ0) is 23.5. The van der Waals surface area contributed by atoms with Gasteiger partial charge >= 0.3 is 0 Å². The van der Waals surface area contributed by atoms with Gasteiger partial charge in [0.15, 0.2) is 0 Å². The molecule has 0 spiro atoms. The van der Waals surface area contributed by atoms with E-state index in [2.05, 4.69) is 15.2 Å². The lowest BCUT2D eigenvalue weighted by Gasteiger charge is -2.15. The van der Waals surface area contributed by atoms with E-state index in [0.717, 1.165) is 0 Å². The van der Waals surface area contributed by atoms with Crippen LogP contribution >= 0.6 is 0 Å². The van der Waals surface area contributed by atoms with Gasteiger partial charge < -0.3 is 14.0 Å². The summed E-state index contributed by atoms with van der Waals surface area (Å²) in [6, 6.07) is 9.78. The van der Waals surface area contributed by atoms with Gasteiger partial charge in [0.05, 0.1) is 36.1 Å². The number of carbonyl (C=O) groups excluding carboxylic acids is 1. The van der Waals surface area contributed by atoms with Crippen LogP contribution in [0.3, 0.4) is 0 Å². The maximum absolute atomic E-state index is 13.3. The Kier molecular flexibility index (Phi) is 6.73. The van der Waals surface area contributed by atoms with Crippen molar-refractivity contribution >= 4 is 27.5 Å². The van der Waals surface area contributed by atoms with Crippen LogP contribution in [-0.2, 0) is 21.2 Å². The molecule has 0 aliphatic rings. The van der Waals surface area contributed by atoms with E-state index >= 15 is 0 Å². The SMILES string of the molecule is CCc1noc(NC(C)=O)c1-c1ccc(C)c(S(=O)(=O)Nc2ccc(OC)cc2OC)c1. The van der Waals surface area contributed by atoms with E-state index in [0.29, 0.717) is 40.3 Å². The first-order valence-corrected chi connectivity index (χ1v) is 11.3. The van der Waals surface area contributed by atoms with Gasteiger partial charge in [-0.15, -0.1) is 0 Å². The Morgan fingerprint density at radius 2 is 1.88 bits per heavy atom. The van der Waals surface area contributed by atoms with Crippen LogP contribution in [0.15, 0.2) is 45.8 Å². The van der Waals surface area contributed by atoms with E-state index in [1.54, 1.807) is 37.3 Å². The Hall–Kier alpha value is -3.53. The molecule has 1 heterocycles. The second-order valence-electron chi connectivity index (χ2n) is 7.02. The number of carbonyl (C=O) groups is 1. The van der Waals surface area contributed by atoms with Crippen molar-refractivity contribution in [2.75, 3.05) is 24.3 Å². The average Bonchev–Trinajstić information content (AvgIpc) is 3.15. The molecule has 0 aliphatic heterocycles. The predicted octanol–water partition coefficient (Wildman–Crippen LogP) is 3.99. The van der Waals surface area contributed by atoms with Crippen LogP contribution in [0.2, 0.25) is 0 Å². The van der Waals surface area contributed by atoms with Crippen molar-refractivity contribution in [1.29, 1.82) is 0 Å². The molecule has 0 radical (unpaired) electrons. The fraction of sp³-hybridized carbons (Fsp3) is 0.273. The van der Waals surface area contributed by atoms with Crippen molar-refractivity contribution in [1.82, 2.24) is 5.16 Å². The molecule has 32 heavy (non-hydrogen) atoms. The Morgan fingerprint density at radius 1 is 1.12 bits per heavy atom. The Balaban J connectivity index is 2.07. The van der Waals surface area contributed by atoms with Crippen molar-refractivity contribution in [2.45, 2.75) is 32.1 Å². The lowest BCUT2D eigenvalue weighted by molar-refractivity contribution is -0.114. The number of aromatic nitrogens is 1. The molecule has 0 aliphatic carbocycles. The molecule has 9 nitrogen and oxygen atoms in total. The highest BCUT2D eigenvalue weighted by molar-refractivity contribution is 7.92. The number of hydrogen-bond donors (Lipinski definition) is 2. The summed E-state index contributed by atoms with van der Waals surface area (Å²) in [6.07, 6.45) is 0.537. The Labute approximate surface area is 186 Å². The van der Waals surface area contributed by atoms with E-state index in [1.165, 1.54) is 27.2 Å². The molecule has 1 aromatic heterocycles. The molecule has 2 aromatic carbocycles. The molecule has 0 saturated carbocycles. The van der Waals surface area contributed by atoms with Crippen LogP contribution < -0.4 is 19.5 Å². The molecular weight excluding hydrogens is 434 g/mol. The molecular formula is C22H25N3O6S. The van der Waals surface area contributed by atoms with Crippen LogP contribution in [0, 0.1) is 6.92 Å². The smallest absolute Gasteiger partial charge is 0.262 e. The van der Waals surface area contributed by atoms with E-state index in [1.807, 2.05) is 6.92 Å². The third kappa shape index (κ3) is 4.70. The summed E-state index contributed by atoms with van der Waals surface area (Å²) in [5.41, 5.74) is 2.52. The summed E-state index contributed by atoms with van der Waals surface area (Å²) in [5.74, 6) is 0.708. The van der Waals surface area contributed by atoms with E-state index < -0.39 is 10.0 Å². The highest BCUT2D eigenvalue weighted by Crippen LogP contribution is 2.36. The highest BCUT2D eigenvalue weighted by atomic mass is 32.2. The average molecular weight is 460 g/mol. The first-order chi connectivity index (χ1) is 15.2. The second kappa shape index (κ2) is 9.31. The number of amides is 1. The van der Waals surface area contributed by atoms with E-state index in [-0.39, 0.29) is 22.4 Å². The van der Waals surface area contributed by atoms with Gasteiger partial charge in [0.25, 0.3) is 10.0 Å². The Morgan fingerprint density at radius 3 is 2.50 bits per heavy atom. The molecule has 170 valence electrons. The van der Waals surface area contributed by atoms with Crippen LogP contribution in [0.5, 0.6) is 11.5 Å². The lowest BCUT2D eigenvalue weighted by Crippen LogP contribution is -2.15. The number of hydrogen-bond acceptors (Lipinski definition) is 7. The number of rotatable bonds is 8. The molecule has 3 rings (SSSR count). The molecule has 0 unspecified atom stereocenters. The van der Waals surface area contributed by atoms with Gasteiger partial charge in [-0.2, -0.15) is 0 Å². The van der Waals surface area contributed by atoms with Gasteiger partial charge in [-0.3, -0.25) is 14.8 Å². The fourth-order valence-electron chi connectivity index (χ4n) is 3.23. The minimum atomic E-state index is -3.97. The third-order valence-electron chi connectivity index (χ3n) is 4.81. The predicted molar refractivity (Wildman–Crippen MR) is 121 cm³/mol. The molecule has 0 atom stereocenters. The van der Waals surface area contributed by atoms with Crippen molar-refractivity contribution in [3.05, 3.63) is 47.7 Å². The maximum atomic E-state index is 13.3. The topological polar surface area (TPSA) is 120 Å². The monoisotopic (exact) mass is 459 g/mol. The largest absolute Gasteiger partial charge is 0.497 e. The summed E-state index contributed by atoms with van der Waals surface area (Å²) >= 11 is 0. The number of anilines is 2. The lowest BCUT2D eigenvalue weighted by atomic mass is 10.0. The molecule has 1 amide bonds. The molecule has 0 bridgehead atoms. The number of methoxy groups -OCH3 is 2. The fourth-order valence-corrected chi connectivity index (χ4v) is 4.58. The van der Waals surface area contributed by atoms with Crippen molar-refractivity contribution in [2.24, 2.45) is 0 Å². The van der Waals surface area contributed by atoms with E-state index in [4.69, 9.17) is 14.0 Å². The molecule has 3 aromatic rings. The maximum Gasteiger partial charge on any atom is 0.262 e. The number of ether oxygens (including phenoxy) is 2. The summed E-state index contributed by atoms with van der Waals surface area (Å²) < 4.78 is 44.9. The number of benzene rings is 2. The summed E-state index contributed by atoms with van der Waals surface area (Å²) in [6.45, 7) is 4.95. The van der Waals surface area contributed by atoms with Crippen LogP contribution in [-0.4, -0.2) is 33.7 Å². The third-order valence-corrected chi connectivity index (χ3v) is 6.31. The number of nitrogens with zero attached hydrogens (tertiary/aromatic N) is 1. The minimum Gasteiger partial charge on any atom is -0.497 e. The number of nitrogens with one attached hydrogen (secondary N) is 2. The summed E-state index contributed by atoms with van der Waals surface area (Å²) in [7, 11) is -1.02. The zero-order valence-corrected chi connectivity index (χ0v) is 19.3. The van der Waals surface area contributed by atoms with E-state index in [9.17, 15) is 13.2 Å². The van der Waals surface area contributed by atoms with Gasteiger partial charge in [0.2, 0.25) is 11.8 Å². The minimum absolute atomic E-state index is 0.0740. The van der Waals surface area contributed by atoms with Crippen LogP contribution in [0.1, 0.15) is 25.1 Å². The molecule has 10 heteroatoms. The first kappa shape index (κ1) is 23.1. The number of sulfonamides is 1. The number of aryl methyl sites for hydroxylation is 2. The molecule has 2 N–H and O–H groups in total. The standard InChI is InChI=1S/C22H25N3O6S/c1-6-17-21(22(31-24-17)23-14(3)26)15-8-7-13(2)20(11-15)32(27,28)25-18-10-9-16(29-4)12-19(18)30-5/h7-12,25H,6H2,1-5H3,(H,23,26). The van der Waals surface area contributed by atoms with Gasteiger partial charge in [-0.25, -0.2) is 8.42 Å². The van der Waals surface area contributed by atoms with Gasteiger partial charge in [-0.1, -0.05) is 24.2 Å². The highest BCUT2D eigenvalue weighted by Gasteiger charge is 2.23. The van der Waals surface area contributed by atoms with Crippen molar-refractivity contribution in [3.63, 3.8) is 0 Å². The Bertz CT molecular complexity index is 1250. The van der Waals surface area contributed by atoms with Gasteiger partial charge in [0.1, 0.15) is 11.5 Å². The van der Waals surface area contributed by atoms with Crippen molar-refractivity contribution < 1.29 is 27.2 Å². The first-order valence-electron chi connectivity index (χ1n) is 9.82. The normalized spacial score (nSPS) is 11.2. The second-order valence-corrected chi connectivity index (χ2v) is 8.67. The van der Waals surface area contributed by atoms with Crippen molar-refractivity contribution in [3.8, 4) is 22.6 Å². The molecule has 0 fully saturated rings. The molecule has 0 saturated heterocycles. The zero-order valence-electron chi connectivity index (χ0n) is 18.5.